The quantitative estimate of drug-likeness (QED) is 0.798. The van der Waals surface area contributed by atoms with Crippen molar-refractivity contribution in [3.63, 3.8) is 0 Å². The van der Waals surface area contributed by atoms with Gasteiger partial charge in [0.25, 0.3) is 0 Å². The minimum Gasteiger partial charge on any atom is -0.227 e. The summed E-state index contributed by atoms with van der Waals surface area (Å²) in [5.74, 6) is 10.7. The second-order valence-corrected chi connectivity index (χ2v) is 6.43. The van der Waals surface area contributed by atoms with E-state index in [1.54, 1.807) is 0 Å². The van der Waals surface area contributed by atoms with Crippen LogP contribution in [0.1, 0.15) is 11.1 Å². The highest BCUT2D eigenvalue weighted by Gasteiger charge is 2.05. The van der Waals surface area contributed by atoms with E-state index in [0.717, 1.165) is 11.1 Å². The third-order valence-electron chi connectivity index (χ3n) is 2.60. The van der Waals surface area contributed by atoms with Gasteiger partial charge in [0, 0.05) is 11.1 Å². The predicted molar refractivity (Wildman–Crippen MR) is 85.3 cm³/mol. The number of hydrogen-bond acceptors (Lipinski definition) is 2. The van der Waals surface area contributed by atoms with Gasteiger partial charge in [0.2, 0.25) is 0 Å². The van der Waals surface area contributed by atoms with Gasteiger partial charge >= 0.3 is 0 Å². The van der Waals surface area contributed by atoms with Gasteiger partial charge in [0.05, 0.1) is 0 Å². The summed E-state index contributed by atoms with van der Waals surface area (Å²) >= 11 is 0. The van der Waals surface area contributed by atoms with Crippen LogP contribution < -0.4 is 0 Å². The van der Waals surface area contributed by atoms with Crippen LogP contribution in [-0.4, -0.2) is 19.9 Å². The van der Waals surface area contributed by atoms with Crippen LogP contribution in [0.25, 0.3) is 0 Å². The number of sulfone groups is 1. The average molecular weight is 294 g/mol. The Morgan fingerprint density at radius 3 is 1.43 bits per heavy atom. The third kappa shape index (κ3) is 5.57. The maximum absolute atomic E-state index is 11.8. The zero-order chi connectivity index (χ0) is 15.0. The summed E-state index contributed by atoms with van der Waals surface area (Å²) in [6.45, 7) is 0. The molecule has 0 aliphatic heterocycles. The lowest BCUT2D eigenvalue weighted by atomic mass is 10.2. The highest BCUT2D eigenvalue weighted by Crippen LogP contribution is 1.97. The molecular formula is C18H14O2S. The van der Waals surface area contributed by atoms with E-state index < -0.39 is 9.84 Å². The smallest absolute Gasteiger partial charge is 0.172 e. The van der Waals surface area contributed by atoms with Crippen molar-refractivity contribution in [1.82, 2.24) is 0 Å². The van der Waals surface area contributed by atoms with Crippen molar-refractivity contribution in [1.29, 1.82) is 0 Å². The summed E-state index contributed by atoms with van der Waals surface area (Å²) in [6, 6.07) is 18.6. The molecule has 0 aliphatic rings. The van der Waals surface area contributed by atoms with E-state index >= 15 is 0 Å². The Morgan fingerprint density at radius 2 is 1.05 bits per heavy atom. The number of benzene rings is 2. The summed E-state index contributed by atoms with van der Waals surface area (Å²) in [5, 5.41) is 0. The van der Waals surface area contributed by atoms with Crippen molar-refractivity contribution < 1.29 is 8.42 Å². The first kappa shape index (κ1) is 14.9. The predicted octanol–water partition coefficient (Wildman–Crippen LogP) is 2.50. The molecule has 2 rings (SSSR count). The zero-order valence-electron chi connectivity index (χ0n) is 11.4. The fourth-order valence-corrected chi connectivity index (χ4v) is 2.28. The first-order chi connectivity index (χ1) is 10.2. The van der Waals surface area contributed by atoms with Gasteiger partial charge in [-0.2, -0.15) is 0 Å². The largest absolute Gasteiger partial charge is 0.227 e. The minimum atomic E-state index is -3.27. The van der Waals surface area contributed by atoms with E-state index in [9.17, 15) is 8.42 Å². The van der Waals surface area contributed by atoms with E-state index in [4.69, 9.17) is 0 Å². The molecule has 0 aliphatic carbocycles. The van der Waals surface area contributed by atoms with Gasteiger partial charge in [-0.1, -0.05) is 60.1 Å². The van der Waals surface area contributed by atoms with Gasteiger partial charge in [-0.3, -0.25) is 0 Å². The lowest BCUT2D eigenvalue weighted by Crippen LogP contribution is -2.08. The SMILES string of the molecule is O=S(=O)(CC#Cc1ccccc1)CC#Cc1ccccc1. The molecule has 2 aromatic carbocycles. The Balaban J connectivity index is 1.95. The van der Waals surface area contributed by atoms with Crippen molar-refractivity contribution in [3.8, 4) is 23.7 Å². The minimum absolute atomic E-state index is 0.175. The Hall–Kier alpha value is -2.49. The van der Waals surface area contributed by atoms with E-state index in [1.807, 2.05) is 60.7 Å². The van der Waals surface area contributed by atoms with Crippen LogP contribution in [0.15, 0.2) is 60.7 Å². The molecule has 0 saturated carbocycles. The van der Waals surface area contributed by atoms with E-state index in [2.05, 4.69) is 23.7 Å². The molecule has 2 nitrogen and oxygen atoms in total. The van der Waals surface area contributed by atoms with Crippen molar-refractivity contribution in [2.75, 3.05) is 11.5 Å². The molecule has 0 spiro atoms. The van der Waals surface area contributed by atoms with Crippen molar-refractivity contribution in [3.05, 3.63) is 71.8 Å². The molecule has 2 aromatic rings. The van der Waals surface area contributed by atoms with Crippen LogP contribution in [-0.2, 0) is 9.84 Å². The Kier molecular flexibility index (Phi) is 5.21. The van der Waals surface area contributed by atoms with Crippen molar-refractivity contribution >= 4 is 9.84 Å². The highest BCUT2D eigenvalue weighted by atomic mass is 32.2. The second kappa shape index (κ2) is 7.33. The average Bonchev–Trinajstić information content (AvgIpc) is 2.49. The standard InChI is InChI=1S/C18H14O2S/c19-21(20,15-7-13-17-9-3-1-4-10-17)16-8-14-18-11-5-2-6-12-18/h1-6,9-12H,15-16H2. The third-order valence-corrected chi connectivity index (χ3v) is 3.77. The molecule has 0 radical (unpaired) electrons. The molecular weight excluding hydrogens is 280 g/mol. The topological polar surface area (TPSA) is 34.1 Å². The lowest BCUT2D eigenvalue weighted by Gasteiger charge is -1.92. The maximum atomic E-state index is 11.8. The van der Waals surface area contributed by atoms with Crippen LogP contribution in [0.5, 0.6) is 0 Å². The summed E-state index contributed by atoms with van der Waals surface area (Å²) in [5.41, 5.74) is 1.62. The summed E-state index contributed by atoms with van der Waals surface area (Å²) in [6.07, 6.45) is 0. The van der Waals surface area contributed by atoms with Crippen LogP contribution in [0, 0.1) is 23.7 Å². The highest BCUT2D eigenvalue weighted by molar-refractivity contribution is 7.91. The summed E-state index contributed by atoms with van der Waals surface area (Å²) in [7, 11) is -3.27. The second-order valence-electron chi connectivity index (χ2n) is 4.37. The molecule has 0 atom stereocenters. The van der Waals surface area contributed by atoms with Crippen molar-refractivity contribution in [2.24, 2.45) is 0 Å². The molecule has 0 aromatic heterocycles. The van der Waals surface area contributed by atoms with Gasteiger partial charge in [-0.15, -0.1) is 0 Å². The number of rotatable bonds is 2. The van der Waals surface area contributed by atoms with E-state index in [0.29, 0.717) is 0 Å². The van der Waals surface area contributed by atoms with E-state index in [-0.39, 0.29) is 11.5 Å². The molecule has 0 fully saturated rings. The normalized spacial score (nSPS) is 9.90. The molecule has 0 heterocycles. The Bertz CT molecular complexity index is 734. The molecule has 0 saturated heterocycles. The van der Waals surface area contributed by atoms with Crippen LogP contribution in [0.4, 0.5) is 0 Å². The first-order valence-corrected chi connectivity index (χ1v) is 8.26. The van der Waals surface area contributed by atoms with Crippen LogP contribution in [0.2, 0.25) is 0 Å². The fourth-order valence-electron chi connectivity index (χ4n) is 1.59. The molecule has 21 heavy (non-hydrogen) atoms. The summed E-state index contributed by atoms with van der Waals surface area (Å²) in [4.78, 5) is 0. The van der Waals surface area contributed by atoms with Crippen LogP contribution >= 0.6 is 0 Å². The molecule has 0 bridgehead atoms. The van der Waals surface area contributed by atoms with Gasteiger partial charge < -0.3 is 0 Å². The maximum Gasteiger partial charge on any atom is 0.172 e. The zero-order valence-corrected chi connectivity index (χ0v) is 12.2. The van der Waals surface area contributed by atoms with Crippen LogP contribution in [0.3, 0.4) is 0 Å². The molecule has 0 amide bonds. The van der Waals surface area contributed by atoms with Gasteiger partial charge in [-0.05, 0) is 24.3 Å². The molecule has 0 unspecified atom stereocenters. The van der Waals surface area contributed by atoms with Gasteiger partial charge in [0.15, 0.2) is 9.84 Å². The van der Waals surface area contributed by atoms with E-state index in [1.165, 1.54) is 0 Å². The Morgan fingerprint density at radius 1 is 0.667 bits per heavy atom. The fraction of sp³-hybridized carbons (Fsp3) is 0.111. The van der Waals surface area contributed by atoms with Gasteiger partial charge in [0.1, 0.15) is 11.5 Å². The van der Waals surface area contributed by atoms with Gasteiger partial charge in [-0.25, -0.2) is 8.42 Å². The van der Waals surface area contributed by atoms with Crippen molar-refractivity contribution in [2.45, 2.75) is 0 Å². The monoisotopic (exact) mass is 294 g/mol. The molecule has 0 N–H and O–H groups in total. The molecule has 3 heteroatoms. The first-order valence-electron chi connectivity index (χ1n) is 6.44. The lowest BCUT2D eigenvalue weighted by molar-refractivity contribution is 0.603. The number of hydrogen-bond donors (Lipinski definition) is 0. The molecule has 104 valence electrons. The summed E-state index contributed by atoms with van der Waals surface area (Å²) < 4.78 is 23.6. The Labute approximate surface area is 125 Å².